The maximum absolute atomic E-state index is 12.7. The molecule has 0 atom stereocenters. The molecule has 0 aromatic carbocycles. The lowest BCUT2D eigenvalue weighted by Crippen LogP contribution is -2.38. The number of nitrogens with zero attached hydrogens (tertiary/aromatic N) is 5. The first-order valence-electron chi connectivity index (χ1n) is 7.93. The van der Waals surface area contributed by atoms with Crippen molar-refractivity contribution in [3.8, 4) is 0 Å². The number of hydrogen-bond donors (Lipinski definition) is 0. The molecule has 24 heavy (non-hydrogen) atoms. The molecule has 0 radical (unpaired) electrons. The first-order valence-corrected chi connectivity index (χ1v) is 7.93. The number of fused-ring (bicyclic) bond motifs is 1. The summed E-state index contributed by atoms with van der Waals surface area (Å²) in [5.41, 5.74) is 1.83. The monoisotopic (exact) mass is 327 g/mol. The summed E-state index contributed by atoms with van der Waals surface area (Å²) < 4.78 is 1.33. The van der Waals surface area contributed by atoms with E-state index in [0.29, 0.717) is 30.9 Å². The molecule has 0 unspecified atom stereocenters. The van der Waals surface area contributed by atoms with Gasteiger partial charge in [0.1, 0.15) is 5.82 Å². The van der Waals surface area contributed by atoms with Crippen LogP contribution in [0.3, 0.4) is 0 Å². The summed E-state index contributed by atoms with van der Waals surface area (Å²) in [5, 5.41) is 4.26. The van der Waals surface area contributed by atoms with Gasteiger partial charge < -0.3 is 4.90 Å². The van der Waals surface area contributed by atoms with Crippen molar-refractivity contribution in [3.05, 3.63) is 51.5 Å². The molecule has 7 nitrogen and oxygen atoms in total. The van der Waals surface area contributed by atoms with Crippen LogP contribution in [0.1, 0.15) is 48.2 Å². The Bertz CT molecular complexity index is 834. The van der Waals surface area contributed by atoms with E-state index in [1.54, 1.807) is 30.4 Å². The van der Waals surface area contributed by atoms with E-state index in [0.717, 1.165) is 11.3 Å². The van der Waals surface area contributed by atoms with Gasteiger partial charge in [-0.05, 0) is 0 Å². The number of aryl methyl sites for hydroxylation is 1. The van der Waals surface area contributed by atoms with Crippen LogP contribution < -0.4 is 5.56 Å². The zero-order valence-corrected chi connectivity index (χ0v) is 14.4. The second-order valence-electron chi connectivity index (χ2n) is 7.10. The molecule has 0 spiro atoms. The third-order valence-corrected chi connectivity index (χ3v) is 4.09. The molecular formula is C17H21N5O2. The Hall–Kier alpha value is -2.57. The molecule has 1 amide bonds. The lowest BCUT2D eigenvalue weighted by atomic mass is 9.96. The number of hydrogen-bond acceptors (Lipinski definition) is 5. The van der Waals surface area contributed by atoms with E-state index >= 15 is 0 Å². The van der Waals surface area contributed by atoms with Crippen molar-refractivity contribution in [1.29, 1.82) is 0 Å². The van der Waals surface area contributed by atoms with Crippen LogP contribution in [0.2, 0.25) is 0 Å². The van der Waals surface area contributed by atoms with Crippen molar-refractivity contribution in [2.24, 2.45) is 7.05 Å². The van der Waals surface area contributed by atoms with Gasteiger partial charge in [-0.25, -0.2) is 14.6 Å². The molecule has 7 heteroatoms. The van der Waals surface area contributed by atoms with E-state index in [1.165, 1.54) is 4.68 Å². The molecule has 0 bridgehead atoms. The summed E-state index contributed by atoms with van der Waals surface area (Å²) in [6.45, 7) is 7.03. The molecule has 3 heterocycles. The third kappa shape index (κ3) is 3.06. The number of carbonyl (C=O) groups is 1. The largest absolute Gasteiger partial charge is 0.334 e. The first kappa shape index (κ1) is 16.3. The summed E-state index contributed by atoms with van der Waals surface area (Å²) in [5.74, 6) is 0.581. The first-order chi connectivity index (χ1) is 11.3. The van der Waals surface area contributed by atoms with Crippen molar-refractivity contribution in [2.45, 2.75) is 39.2 Å². The van der Waals surface area contributed by atoms with Crippen LogP contribution in [0.4, 0.5) is 0 Å². The number of rotatable bonds is 1. The van der Waals surface area contributed by atoms with E-state index in [-0.39, 0.29) is 16.9 Å². The maximum Gasteiger partial charge on any atom is 0.266 e. The Balaban J connectivity index is 1.81. The molecule has 126 valence electrons. The van der Waals surface area contributed by atoms with Gasteiger partial charge >= 0.3 is 0 Å². The molecule has 0 saturated carbocycles. The van der Waals surface area contributed by atoms with E-state index in [9.17, 15) is 9.59 Å². The van der Waals surface area contributed by atoms with Gasteiger partial charge in [0.05, 0.1) is 11.3 Å². The van der Waals surface area contributed by atoms with Crippen LogP contribution in [0, 0.1) is 0 Å². The molecule has 0 saturated heterocycles. The van der Waals surface area contributed by atoms with Crippen molar-refractivity contribution >= 4 is 5.91 Å². The second kappa shape index (κ2) is 5.81. The Morgan fingerprint density at radius 1 is 1.21 bits per heavy atom. The fourth-order valence-corrected chi connectivity index (χ4v) is 2.68. The van der Waals surface area contributed by atoms with Gasteiger partial charge in [0.2, 0.25) is 0 Å². The van der Waals surface area contributed by atoms with E-state index < -0.39 is 0 Å². The predicted octanol–water partition coefficient (Wildman–Crippen LogP) is 1.07. The van der Waals surface area contributed by atoms with E-state index in [2.05, 4.69) is 15.1 Å². The SMILES string of the molecule is Cn1nc2c(cc1=O)CN(C(=O)c1cnc(C(C)(C)C)nc1)CC2. The maximum atomic E-state index is 12.7. The zero-order chi connectivity index (χ0) is 17.5. The van der Waals surface area contributed by atoms with Gasteiger partial charge in [-0.3, -0.25) is 9.59 Å². The van der Waals surface area contributed by atoms with Crippen LogP contribution in [0.5, 0.6) is 0 Å². The Morgan fingerprint density at radius 3 is 2.50 bits per heavy atom. The van der Waals surface area contributed by atoms with Gasteiger partial charge in [0, 0.05) is 56.0 Å². The Labute approximate surface area is 140 Å². The van der Waals surface area contributed by atoms with Crippen molar-refractivity contribution < 1.29 is 4.79 Å². The van der Waals surface area contributed by atoms with Crippen molar-refractivity contribution in [3.63, 3.8) is 0 Å². The average Bonchev–Trinajstić information content (AvgIpc) is 2.54. The minimum absolute atomic E-state index is 0.123. The second-order valence-corrected chi connectivity index (χ2v) is 7.10. The standard InChI is InChI=1S/C17H21N5O2/c1-17(2,3)16-18-8-12(9-19-16)15(24)22-6-5-13-11(10-22)7-14(23)21(4)20-13/h7-9H,5-6,10H2,1-4H3. The Morgan fingerprint density at radius 2 is 1.88 bits per heavy atom. The highest BCUT2D eigenvalue weighted by atomic mass is 16.2. The molecular weight excluding hydrogens is 306 g/mol. The molecule has 2 aromatic rings. The van der Waals surface area contributed by atoms with E-state index in [4.69, 9.17) is 0 Å². The van der Waals surface area contributed by atoms with Crippen LogP contribution in [-0.4, -0.2) is 37.1 Å². The highest BCUT2D eigenvalue weighted by Gasteiger charge is 2.25. The summed E-state index contributed by atoms with van der Waals surface area (Å²) in [6.07, 6.45) is 3.79. The van der Waals surface area contributed by atoms with Crippen molar-refractivity contribution in [1.82, 2.24) is 24.6 Å². The lowest BCUT2D eigenvalue weighted by molar-refractivity contribution is 0.0731. The van der Waals surface area contributed by atoms with Crippen LogP contribution >= 0.6 is 0 Å². The molecule has 1 aliphatic rings. The zero-order valence-electron chi connectivity index (χ0n) is 14.4. The molecule has 1 aliphatic heterocycles. The topological polar surface area (TPSA) is 81.0 Å². The third-order valence-electron chi connectivity index (χ3n) is 4.09. The molecule has 0 N–H and O–H groups in total. The van der Waals surface area contributed by atoms with Crippen LogP contribution in [0.15, 0.2) is 23.3 Å². The lowest BCUT2D eigenvalue weighted by Gasteiger charge is -2.28. The predicted molar refractivity (Wildman–Crippen MR) is 88.7 cm³/mol. The highest BCUT2D eigenvalue weighted by Crippen LogP contribution is 2.19. The minimum atomic E-state index is -0.166. The van der Waals surface area contributed by atoms with Gasteiger partial charge in [0.15, 0.2) is 0 Å². The van der Waals surface area contributed by atoms with Crippen LogP contribution in [-0.2, 0) is 25.4 Å². The summed E-state index contributed by atoms with van der Waals surface area (Å²) in [6, 6.07) is 1.56. The highest BCUT2D eigenvalue weighted by molar-refractivity contribution is 5.93. The summed E-state index contributed by atoms with van der Waals surface area (Å²) >= 11 is 0. The number of carbonyl (C=O) groups excluding carboxylic acids is 1. The number of aromatic nitrogens is 4. The van der Waals surface area contributed by atoms with Gasteiger partial charge in [-0.1, -0.05) is 20.8 Å². The van der Waals surface area contributed by atoms with Gasteiger partial charge in [-0.2, -0.15) is 5.10 Å². The van der Waals surface area contributed by atoms with Crippen molar-refractivity contribution in [2.75, 3.05) is 6.54 Å². The van der Waals surface area contributed by atoms with Gasteiger partial charge in [0.25, 0.3) is 11.5 Å². The average molecular weight is 327 g/mol. The minimum Gasteiger partial charge on any atom is -0.334 e. The van der Waals surface area contributed by atoms with E-state index in [1.807, 2.05) is 20.8 Å². The van der Waals surface area contributed by atoms with Gasteiger partial charge in [-0.15, -0.1) is 0 Å². The quantitative estimate of drug-likeness (QED) is 0.782. The normalized spacial score (nSPS) is 14.4. The fourth-order valence-electron chi connectivity index (χ4n) is 2.68. The smallest absolute Gasteiger partial charge is 0.266 e. The molecule has 0 aliphatic carbocycles. The fraction of sp³-hybridized carbons (Fsp3) is 0.471. The summed E-state index contributed by atoms with van der Waals surface area (Å²) in [7, 11) is 1.63. The Kier molecular flexibility index (Phi) is 3.95. The van der Waals surface area contributed by atoms with Crippen LogP contribution in [0.25, 0.3) is 0 Å². The number of amides is 1. The molecule has 3 rings (SSSR count). The molecule has 0 fully saturated rings. The molecule has 2 aromatic heterocycles. The summed E-state index contributed by atoms with van der Waals surface area (Å²) in [4.78, 5) is 34.7.